The second-order valence-corrected chi connectivity index (χ2v) is 9.69. The maximum atomic E-state index is 13.9. The van der Waals surface area contributed by atoms with Crippen molar-refractivity contribution in [2.45, 2.75) is 18.3 Å². The minimum atomic E-state index is -4.63. The number of anilines is 2. The Hall–Kier alpha value is -5.00. The number of nitro groups is 1. The molecule has 202 valence electrons. The molecule has 3 aromatic carbocycles. The number of imide groups is 1. The van der Waals surface area contributed by atoms with Crippen molar-refractivity contribution in [2.24, 2.45) is 11.8 Å². The molecule has 40 heavy (non-hydrogen) atoms. The number of benzene rings is 3. The first-order chi connectivity index (χ1) is 19.1. The maximum Gasteiger partial charge on any atom is 0.416 e. The van der Waals surface area contributed by atoms with Crippen LogP contribution in [0.3, 0.4) is 0 Å². The van der Waals surface area contributed by atoms with Gasteiger partial charge in [-0.15, -0.1) is 0 Å². The average molecular weight is 548 g/mol. The molecule has 2 fully saturated rings. The van der Waals surface area contributed by atoms with Crippen LogP contribution in [0.1, 0.15) is 22.7 Å². The number of carbonyl (C=O) groups is 3. The van der Waals surface area contributed by atoms with E-state index >= 15 is 0 Å². The Balaban J connectivity index is 1.42. The smallest absolute Gasteiger partial charge is 0.357 e. The zero-order valence-corrected chi connectivity index (χ0v) is 20.4. The van der Waals surface area contributed by atoms with E-state index in [1.54, 1.807) is 35.4 Å². The molecular formula is C28H19F3N4O5. The van der Waals surface area contributed by atoms with Crippen LogP contribution in [-0.4, -0.2) is 33.6 Å². The van der Waals surface area contributed by atoms with Gasteiger partial charge >= 0.3 is 6.18 Å². The Bertz CT molecular complexity index is 1620. The highest BCUT2D eigenvalue weighted by Crippen LogP contribution is 2.53. The largest absolute Gasteiger partial charge is 0.416 e. The standard InChI is InChI=1S/C28H19F3N4O5/c29-28(30,31)16-6-3-7-17(13-16)32-25(36)24-22-21(23-20-10-2-1-5-15(20)11-12-33(23)24)26(37)34(27(22)38)18-8-4-9-19(14-18)35(39)40/h1-14,21-24H,(H,32,36)/t21-,22-,23-,24+/m0/s1. The number of nitro benzene ring substituents is 1. The van der Waals surface area contributed by atoms with Crippen LogP contribution in [0.15, 0.2) is 79.0 Å². The summed E-state index contributed by atoms with van der Waals surface area (Å²) < 4.78 is 39.8. The molecule has 3 heterocycles. The predicted molar refractivity (Wildman–Crippen MR) is 136 cm³/mol. The van der Waals surface area contributed by atoms with E-state index in [2.05, 4.69) is 5.32 Å². The predicted octanol–water partition coefficient (Wildman–Crippen LogP) is 4.77. The van der Waals surface area contributed by atoms with Gasteiger partial charge < -0.3 is 10.2 Å². The molecule has 3 aromatic rings. The summed E-state index contributed by atoms with van der Waals surface area (Å²) in [6.07, 6.45) is -1.28. The molecular weight excluding hydrogens is 529 g/mol. The second-order valence-electron chi connectivity index (χ2n) is 9.69. The number of carbonyl (C=O) groups excluding carboxylic acids is 3. The molecule has 3 aliphatic heterocycles. The van der Waals surface area contributed by atoms with Gasteiger partial charge in [-0.25, -0.2) is 4.90 Å². The Kier molecular flexibility index (Phi) is 5.71. The lowest BCUT2D eigenvalue weighted by Gasteiger charge is -2.35. The number of amides is 3. The van der Waals surface area contributed by atoms with Gasteiger partial charge in [0.2, 0.25) is 17.7 Å². The number of fused-ring (bicyclic) bond motifs is 5. The molecule has 0 aromatic heterocycles. The highest BCUT2D eigenvalue weighted by Gasteiger charge is 2.64. The van der Waals surface area contributed by atoms with E-state index in [-0.39, 0.29) is 17.1 Å². The molecule has 0 unspecified atom stereocenters. The van der Waals surface area contributed by atoms with Crippen molar-refractivity contribution >= 4 is 40.9 Å². The van der Waals surface area contributed by atoms with Crippen LogP contribution in [0.25, 0.3) is 6.08 Å². The molecule has 6 rings (SSSR count). The van der Waals surface area contributed by atoms with E-state index in [1.165, 1.54) is 24.3 Å². The van der Waals surface area contributed by atoms with Crippen molar-refractivity contribution in [1.29, 1.82) is 0 Å². The summed E-state index contributed by atoms with van der Waals surface area (Å²) in [5.41, 5.74) is 0.104. The van der Waals surface area contributed by atoms with Gasteiger partial charge in [0.15, 0.2) is 0 Å². The zero-order chi connectivity index (χ0) is 28.3. The van der Waals surface area contributed by atoms with E-state index in [0.29, 0.717) is 5.56 Å². The average Bonchev–Trinajstić information content (AvgIpc) is 3.40. The van der Waals surface area contributed by atoms with Crippen LogP contribution in [0.4, 0.5) is 30.2 Å². The van der Waals surface area contributed by atoms with Gasteiger partial charge in [0.05, 0.1) is 34.1 Å². The summed E-state index contributed by atoms with van der Waals surface area (Å²) in [7, 11) is 0. The number of nitrogens with zero attached hydrogens (tertiary/aromatic N) is 3. The van der Waals surface area contributed by atoms with E-state index in [4.69, 9.17) is 0 Å². The summed E-state index contributed by atoms with van der Waals surface area (Å²) in [6.45, 7) is 0. The Morgan fingerprint density at radius 2 is 1.65 bits per heavy atom. The first-order valence-electron chi connectivity index (χ1n) is 12.2. The molecule has 4 atom stereocenters. The van der Waals surface area contributed by atoms with Crippen molar-refractivity contribution in [2.75, 3.05) is 10.2 Å². The topological polar surface area (TPSA) is 113 Å². The van der Waals surface area contributed by atoms with Gasteiger partial charge in [-0.2, -0.15) is 13.2 Å². The van der Waals surface area contributed by atoms with Crippen molar-refractivity contribution < 1.29 is 32.5 Å². The van der Waals surface area contributed by atoms with Crippen molar-refractivity contribution in [3.8, 4) is 0 Å². The molecule has 3 amide bonds. The van der Waals surface area contributed by atoms with Crippen LogP contribution in [0, 0.1) is 22.0 Å². The Morgan fingerprint density at radius 1 is 0.925 bits per heavy atom. The van der Waals surface area contributed by atoms with E-state index in [0.717, 1.165) is 34.7 Å². The summed E-state index contributed by atoms with van der Waals surface area (Å²) >= 11 is 0. The molecule has 1 N–H and O–H groups in total. The molecule has 0 aliphatic carbocycles. The fourth-order valence-electron chi connectivity index (χ4n) is 5.85. The summed E-state index contributed by atoms with van der Waals surface area (Å²) in [4.78, 5) is 54.5. The molecule has 0 spiro atoms. The molecule has 0 bridgehead atoms. The van der Waals surface area contributed by atoms with E-state index in [9.17, 15) is 37.7 Å². The van der Waals surface area contributed by atoms with Crippen molar-refractivity contribution in [3.05, 3.63) is 106 Å². The van der Waals surface area contributed by atoms with Crippen molar-refractivity contribution in [3.63, 3.8) is 0 Å². The highest BCUT2D eigenvalue weighted by molar-refractivity contribution is 6.24. The quantitative estimate of drug-likeness (QED) is 0.286. The first kappa shape index (κ1) is 25.3. The summed E-state index contributed by atoms with van der Waals surface area (Å²) in [5.74, 6) is -4.32. The lowest BCUT2D eigenvalue weighted by atomic mass is 9.84. The number of alkyl halides is 3. The third-order valence-corrected chi connectivity index (χ3v) is 7.49. The lowest BCUT2D eigenvalue weighted by molar-refractivity contribution is -0.384. The van der Waals surface area contributed by atoms with Gasteiger partial charge in [0, 0.05) is 24.0 Å². The Labute approximate surface area is 224 Å². The van der Waals surface area contributed by atoms with E-state index < -0.39 is 58.3 Å². The van der Waals surface area contributed by atoms with E-state index in [1.807, 2.05) is 6.07 Å². The number of hydrogen-bond acceptors (Lipinski definition) is 6. The molecule has 9 nitrogen and oxygen atoms in total. The summed E-state index contributed by atoms with van der Waals surface area (Å²) in [6, 6.07) is 14.4. The van der Waals surface area contributed by atoms with Crippen LogP contribution < -0.4 is 10.2 Å². The molecule has 2 saturated heterocycles. The van der Waals surface area contributed by atoms with Gasteiger partial charge in [0.25, 0.3) is 5.69 Å². The maximum absolute atomic E-state index is 13.9. The zero-order valence-electron chi connectivity index (χ0n) is 20.4. The molecule has 3 aliphatic rings. The molecule has 0 saturated carbocycles. The molecule has 12 heteroatoms. The summed E-state index contributed by atoms with van der Waals surface area (Å²) in [5, 5.41) is 13.8. The van der Waals surface area contributed by atoms with Crippen LogP contribution in [-0.2, 0) is 20.6 Å². The normalized spacial score (nSPS) is 23.1. The highest BCUT2D eigenvalue weighted by atomic mass is 19.4. The fraction of sp³-hybridized carbons (Fsp3) is 0.179. The number of halogens is 3. The Morgan fingerprint density at radius 3 is 2.40 bits per heavy atom. The molecule has 0 radical (unpaired) electrons. The third kappa shape index (κ3) is 3.91. The van der Waals surface area contributed by atoms with Crippen molar-refractivity contribution in [1.82, 2.24) is 4.90 Å². The van der Waals surface area contributed by atoms with Crippen LogP contribution >= 0.6 is 0 Å². The van der Waals surface area contributed by atoms with Gasteiger partial charge in [0.1, 0.15) is 6.04 Å². The van der Waals surface area contributed by atoms with Crippen LogP contribution in [0.5, 0.6) is 0 Å². The number of non-ortho nitro benzene ring substituents is 1. The number of nitrogens with one attached hydrogen (secondary N) is 1. The number of rotatable bonds is 4. The van der Waals surface area contributed by atoms with Gasteiger partial charge in [-0.3, -0.25) is 24.5 Å². The number of hydrogen-bond donors (Lipinski definition) is 1. The lowest BCUT2D eigenvalue weighted by Crippen LogP contribution is -2.46. The third-order valence-electron chi connectivity index (χ3n) is 7.49. The fourth-order valence-corrected chi connectivity index (χ4v) is 5.85. The minimum absolute atomic E-state index is 0.00169. The minimum Gasteiger partial charge on any atom is -0.357 e. The monoisotopic (exact) mass is 548 g/mol. The second kappa shape index (κ2) is 9.04. The van der Waals surface area contributed by atoms with Gasteiger partial charge in [-0.05, 0) is 41.5 Å². The van der Waals surface area contributed by atoms with Gasteiger partial charge in [-0.1, -0.05) is 36.4 Å². The first-order valence-corrected chi connectivity index (χ1v) is 12.2. The SMILES string of the molecule is O=C(Nc1cccc(C(F)(F)F)c1)[C@H]1[C@H]2C(=O)N(c3cccc([N+](=O)[O-])c3)C(=O)[C@@H]2[C@@H]2c3ccccc3C=CN12. The van der Waals surface area contributed by atoms with Crippen LogP contribution in [0.2, 0.25) is 0 Å².